The molecule has 19 heavy (non-hydrogen) atoms. The molecule has 5 nitrogen and oxygen atoms in total. The SMILES string of the molecule is CS(=O)CCNC(=O)c1cccn1C1CCNCC1. The fourth-order valence-electron chi connectivity index (χ4n) is 2.39. The van der Waals surface area contributed by atoms with E-state index in [9.17, 15) is 9.00 Å². The van der Waals surface area contributed by atoms with Crippen LogP contribution in [-0.2, 0) is 10.8 Å². The van der Waals surface area contributed by atoms with E-state index in [1.54, 1.807) is 6.26 Å². The quantitative estimate of drug-likeness (QED) is 0.828. The van der Waals surface area contributed by atoms with Gasteiger partial charge in [-0.3, -0.25) is 9.00 Å². The minimum Gasteiger partial charge on any atom is -0.350 e. The van der Waals surface area contributed by atoms with E-state index in [-0.39, 0.29) is 5.91 Å². The molecule has 0 radical (unpaired) electrons. The predicted octanol–water partition coefficient (Wildman–Crippen LogP) is 0.521. The Morgan fingerprint density at radius 3 is 2.95 bits per heavy atom. The van der Waals surface area contributed by atoms with Crippen LogP contribution in [0.25, 0.3) is 0 Å². The van der Waals surface area contributed by atoms with Crippen molar-refractivity contribution in [2.24, 2.45) is 0 Å². The zero-order valence-corrected chi connectivity index (χ0v) is 12.0. The zero-order chi connectivity index (χ0) is 13.7. The molecule has 0 saturated carbocycles. The summed E-state index contributed by atoms with van der Waals surface area (Å²) >= 11 is 0. The van der Waals surface area contributed by atoms with Crippen molar-refractivity contribution in [2.75, 3.05) is 31.6 Å². The molecule has 1 aromatic rings. The minimum atomic E-state index is -0.868. The largest absolute Gasteiger partial charge is 0.350 e. The molecule has 1 fully saturated rings. The van der Waals surface area contributed by atoms with Gasteiger partial charge in [0.2, 0.25) is 0 Å². The molecule has 106 valence electrons. The van der Waals surface area contributed by atoms with Gasteiger partial charge in [0.15, 0.2) is 0 Å². The van der Waals surface area contributed by atoms with Crippen LogP contribution in [-0.4, -0.2) is 46.3 Å². The first kappa shape index (κ1) is 14.3. The van der Waals surface area contributed by atoms with Crippen LogP contribution in [0.2, 0.25) is 0 Å². The number of carbonyl (C=O) groups is 1. The lowest BCUT2D eigenvalue weighted by atomic mass is 10.1. The number of nitrogens with zero attached hydrogens (tertiary/aromatic N) is 1. The molecule has 1 atom stereocenters. The topological polar surface area (TPSA) is 63.1 Å². The Morgan fingerprint density at radius 1 is 1.53 bits per heavy atom. The Balaban J connectivity index is 1.97. The maximum Gasteiger partial charge on any atom is 0.267 e. The summed E-state index contributed by atoms with van der Waals surface area (Å²) < 4.78 is 13.0. The lowest BCUT2D eigenvalue weighted by Crippen LogP contribution is -2.33. The summed E-state index contributed by atoms with van der Waals surface area (Å²) in [4.78, 5) is 12.1. The average molecular weight is 283 g/mol. The van der Waals surface area contributed by atoms with Crippen LogP contribution >= 0.6 is 0 Å². The van der Waals surface area contributed by atoms with Gasteiger partial charge < -0.3 is 15.2 Å². The normalized spacial score (nSPS) is 18.2. The van der Waals surface area contributed by atoms with Crippen LogP contribution < -0.4 is 10.6 Å². The molecule has 0 bridgehead atoms. The monoisotopic (exact) mass is 283 g/mol. The molecule has 1 saturated heterocycles. The van der Waals surface area contributed by atoms with Crippen molar-refractivity contribution < 1.29 is 9.00 Å². The van der Waals surface area contributed by atoms with Gasteiger partial charge in [0.25, 0.3) is 5.91 Å². The highest BCUT2D eigenvalue weighted by atomic mass is 32.2. The first-order valence-electron chi connectivity index (χ1n) is 6.64. The molecule has 2 N–H and O–H groups in total. The highest BCUT2D eigenvalue weighted by Crippen LogP contribution is 2.21. The van der Waals surface area contributed by atoms with E-state index in [0.717, 1.165) is 25.9 Å². The van der Waals surface area contributed by atoms with Gasteiger partial charge in [-0.1, -0.05) is 0 Å². The van der Waals surface area contributed by atoms with Gasteiger partial charge in [-0.25, -0.2) is 0 Å². The molecule has 6 heteroatoms. The molecule has 1 aliphatic heterocycles. The van der Waals surface area contributed by atoms with E-state index in [1.165, 1.54) is 0 Å². The lowest BCUT2D eigenvalue weighted by molar-refractivity contribution is 0.0943. The highest BCUT2D eigenvalue weighted by molar-refractivity contribution is 7.84. The fraction of sp³-hybridized carbons (Fsp3) is 0.615. The summed E-state index contributed by atoms with van der Waals surface area (Å²) in [5.74, 6) is 0.425. The maximum absolute atomic E-state index is 12.1. The molecule has 1 unspecified atom stereocenters. The molecule has 2 rings (SSSR count). The maximum atomic E-state index is 12.1. The Hall–Kier alpha value is -1.14. The number of carbonyl (C=O) groups excluding carboxylic acids is 1. The van der Waals surface area contributed by atoms with Gasteiger partial charge in [-0.2, -0.15) is 0 Å². The van der Waals surface area contributed by atoms with Crippen LogP contribution in [0.15, 0.2) is 18.3 Å². The van der Waals surface area contributed by atoms with E-state index < -0.39 is 10.8 Å². The van der Waals surface area contributed by atoms with E-state index in [1.807, 2.05) is 18.3 Å². The second-order valence-electron chi connectivity index (χ2n) is 4.82. The van der Waals surface area contributed by atoms with Crippen LogP contribution in [0.1, 0.15) is 29.4 Å². The Morgan fingerprint density at radius 2 is 2.26 bits per heavy atom. The molecule has 0 spiro atoms. The number of piperidine rings is 1. The van der Waals surface area contributed by atoms with Crippen molar-refractivity contribution in [1.29, 1.82) is 0 Å². The second kappa shape index (κ2) is 6.86. The van der Waals surface area contributed by atoms with E-state index in [0.29, 0.717) is 24.0 Å². The summed E-state index contributed by atoms with van der Waals surface area (Å²) in [6.45, 7) is 2.46. The fourth-order valence-corrected chi connectivity index (χ4v) is 2.78. The van der Waals surface area contributed by atoms with Crippen LogP contribution in [0.4, 0.5) is 0 Å². The number of hydrogen-bond donors (Lipinski definition) is 2. The van der Waals surface area contributed by atoms with E-state index in [2.05, 4.69) is 15.2 Å². The smallest absolute Gasteiger partial charge is 0.267 e. The molecule has 1 aliphatic rings. The molecule has 0 aliphatic carbocycles. The number of amides is 1. The Bertz CT molecular complexity index is 452. The molecule has 0 aromatic carbocycles. The van der Waals surface area contributed by atoms with Gasteiger partial charge >= 0.3 is 0 Å². The first-order chi connectivity index (χ1) is 9.18. The lowest BCUT2D eigenvalue weighted by Gasteiger charge is -2.25. The number of nitrogens with one attached hydrogen (secondary N) is 2. The van der Waals surface area contributed by atoms with Gasteiger partial charge in [-0.05, 0) is 38.1 Å². The standard InChI is InChI=1S/C13H21N3O2S/c1-19(18)10-8-15-13(17)12-3-2-9-16(12)11-4-6-14-7-5-11/h2-3,9,11,14H,4-8,10H2,1H3,(H,15,17). The molecular weight excluding hydrogens is 262 g/mol. The van der Waals surface area contributed by atoms with Gasteiger partial charge in [0.1, 0.15) is 5.69 Å². The van der Waals surface area contributed by atoms with Crippen LogP contribution in [0.5, 0.6) is 0 Å². The number of hydrogen-bond acceptors (Lipinski definition) is 3. The van der Waals surface area contributed by atoms with Crippen LogP contribution in [0.3, 0.4) is 0 Å². The third-order valence-electron chi connectivity index (χ3n) is 3.39. The molecule has 2 heterocycles. The van der Waals surface area contributed by atoms with Crippen molar-refractivity contribution in [3.63, 3.8) is 0 Å². The van der Waals surface area contributed by atoms with Gasteiger partial charge in [-0.15, -0.1) is 0 Å². The Labute approximate surface area is 116 Å². The van der Waals surface area contributed by atoms with Crippen molar-refractivity contribution in [3.8, 4) is 0 Å². The van der Waals surface area contributed by atoms with Gasteiger partial charge in [0.05, 0.1) is 0 Å². The molecular formula is C13H21N3O2S. The predicted molar refractivity (Wildman–Crippen MR) is 76.8 cm³/mol. The first-order valence-corrected chi connectivity index (χ1v) is 8.37. The zero-order valence-electron chi connectivity index (χ0n) is 11.2. The minimum absolute atomic E-state index is 0.0750. The summed E-state index contributed by atoms with van der Waals surface area (Å²) in [5.41, 5.74) is 0.703. The summed E-state index contributed by atoms with van der Waals surface area (Å²) in [5, 5.41) is 6.15. The third-order valence-corrected chi connectivity index (χ3v) is 4.17. The summed E-state index contributed by atoms with van der Waals surface area (Å²) in [6, 6.07) is 4.16. The highest BCUT2D eigenvalue weighted by Gasteiger charge is 2.19. The molecule has 1 aromatic heterocycles. The van der Waals surface area contributed by atoms with E-state index in [4.69, 9.17) is 0 Å². The average Bonchev–Trinajstić information content (AvgIpc) is 2.88. The number of rotatable bonds is 5. The second-order valence-corrected chi connectivity index (χ2v) is 6.37. The van der Waals surface area contributed by atoms with Crippen LogP contribution in [0, 0.1) is 0 Å². The summed E-state index contributed by atoms with van der Waals surface area (Å²) in [6.07, 6.45) is 5.72. The summed E-state index contributed by atoms with van der Waals surface area (Å²) in [7, 11) is -0.868. The van der Waals surface area contributed by atoms with Gasteiger partial charge in [0, 0.05) is 41.6 Å². The van der Waals surface area contributed by atoms with Crippen molar-refractivity contribution in [1.82, 2.24) is 15.2 Å². The van der Waals surface area contributed by atoms with Crippen molar-refractivity contribution in [3.05, 3.63) is 24.0 Å². The third kappa shape index (κ3) is 3.91. The number of aromatic nitrogens is 1. The van der Waals surface area contributed by atoms with Crippen molar-refractivity contribution >= 4 is 16.7 Å². The molecule has 1 amide bonds. The Kier molecular flexibility index (Phi) is 5.15. The van der Waals surface area contributed by atoms with E-state index >= 15 is 0 Å². The van der Waals surface area contributed by atoms with Crippen molar-refractivity contribution in [2.45, 2.75) is 18.9 Å².